The van der Waals surface area contributed by atoms with E-state index in [9.17, 15) is 9.50 Å². The number of hydrogen-bond acceptors (Lipinski definition) is 2. The van der Waals surface area contributed by atoms with Crippen LogP contribution in [0.25, 0.3) is 0 Å². The van der Waals surface area contributed by atoms with Crippen molar-refractivity contribution in [3.63, 3.8) is 0 Å². The summed E-state index contributed by atoms with van der Waals surface area (Å²) in [5.41, 5.74) is 0.536. The van der Waals surface area contributed by atoms with Crippen LogP contribution in [0.4, 0.5) is 4.39 Å². The predicted octanol–water partition coefficient (Wildman–Crippen LogP) is -1.10. The molecule has 4 nitrogen and oxygen atoms in total. The number of rotatable bonds is 7. The summed E-state index contributed by atoms with van der Waals surface area (Å²) in [6.07, 6.45) is 1.92. The van der Waals surface area contributed by atoms with Crippen LogP contribution in [0.15, 0.2) is 24.3 Å². The highest BCUT2D eigenvalue weighted by Gasteiger charge is 2.27. The van der Waals surface area contributed by atoms with Crippen molar-refractivity contribution in [2.24, 2.45) is 0 Å². The SMILES string of the molecule is C[NH+]1CCC([NH+](C)C[C@@H](O)COCc2ccccc2F)CC1. The average molecular weight is 312 g/mol. The number of aliphatic hydroxyl groups is 1. The van der Waals surface area contributed by atoms with E-state index in [1.54, 1.807) is 23.1 Å². The van der Waals surface area contributed by atoms with Crippen molar-refractivity contribution >= 4 is 0 Å². The van der Waals surface area contributed by atoms with E-state index < -0.39 is 6.10 Å². The molecule has 2 rings (SSSR count). The standard InChI is InChI=1S/C17H27FN2O2/c1-19-9-7-15(8-10-19)20(2)11-16(21)13-22-12-14-5-3-4-6-17(14)18/h3-6,15-16,21H,7-13H2,1-2H3/p+2/t16-/m1/s1. The summed E-state index contributed by atoms with van der Waals surface area (Å²) < 4.78 is 18.9. The van der Waals surface area contributed by atoms with E-state index in [4.69, 9.17) is 4.74 Å². The molecule has 0 aliphatic carbocycles. The van der Waals surface area contributed by atoms with Crippen molar-refractivity contribution in [3.05, 3.63) is 35.6 Å². The van der Waals surface area contributed by atoms with Crippen molar-refractivity contribution in [1.82, 2.24) is 0 Å². The number of ether oxygens (including phenoxy) is 1. The van der Waals surface area contributed by atoms with Gasteiger partial charge in [0.15, 0.2) is 0 Å². The molecule has 1 aromatic carbocycles. The Morgan fingerprint density at radius 2 is 2.05 bits per heavy atom. The molecule has 0 bridgehead atoms. The quantitative estimate of drug-likeness (QED) is 0.598. The molecule has 5 heteroatoms. The Labute approximate surface area is 132 Å². The van der Waals surface area contributed by atoms with Gasteiger partial charge in [-0.2, -0.15) is 0 Å². The first kappa shape index (κ1) is 17.3. The van der Waals surface area contributed by atoms with Crippen molar-refractivity contribution in [3.8, 4) is 0 Å². The van der Waals surface area contributed by atoms with Crippen LogP contribution in [0.3, 0.4) is 0 Å². The second-order valence-corrected chi connectivity index (χ2v) is 6.54. The molecule has 2 atom stereocenters. The second kappa shape index (κ2) is 8.58. The van der Waals surface area contributed by atoms with Crippen molar-refractivity contribution in [1.29, 1.82) is 0 Å². The van der Waals surface area contributed by atoms with Gasteiger partial charge >= 0.3 is 0 Å². The van der Waals surface area contributed by atoms with Crippen molar-refractivity contribution in [2.45, 2.75) is 31.6 Å². The van der Waals surface area contributed by atoms with Gasteiger partial charge < -0.3 is 19.6 Å². The molecule has 0 aromatic heterocycles. The Kier molecular flexibility index (Phi) is 6.76. The van der Waals surface area contributed by atoms with E-state index in [2.05, 4.69) is 14.1 Å². The third-order valence-corrected chi connectivity index (χ3v) is 4.62. The molecule has 0 spiro atoms. The van der Waals surface area contributed by atoms with Gasteiger partial charge in [-0.1, -0.05) is 18.2 Å². The number of halogens is 1. The summed E-state index contributed by atoms with van der Waals surface area (Å²) in [5.74, 6) is -0.256. The molecule has 124 valence electrons. The van der Waals surface area contributed by atoms with Gasteiger partial charge in [0, 0.05) is 18.4 Å². The van der Waals surface area contributed by atoms with Crippen LogP contribution in [0.2, 0.25) is 0 Å². The number of benzene rings is 1. The third kappa shape index (κ3) is 5.32. The molecule has 1 aliphatic heterocycles. The molecule has 0 saturated carbocycles. The summed E-state index contributed by atoms with van der Waals surface area (Å²) in [4.78, 5) is 2.97. The summed E-state index contributed by atoms with van der Waals surface area (Å²) in [6.45, 7) is 3.56. The van der Waals surface area contributed by atoms with Gasteiger partial charge in [-0.3, -0.25) is 0 Å². The van der Waals surface area contributed by atoms with Crippen LogP contribution in [0.5, 0.6) is 0 Å². The van der Waals surface area contributed by atoms with Crippen LogP contribution in [0, 0.1) is 5.82 Å². The number of quaternary nitrogens is 2. The lowest BCUT2D eigenvalue weighted by Crippen LogP contribution is -3.18. The molecule has 1 aromatic rings. The monoisotopic (exact) mass is 312 g/mol. The van der Waals surface area contributed by atoms with Crippen LogP contribution in [-0.2, 0) is 11.3 Å². The minimum atomic E-state index is -0.501. The normalized spacial score (nSPS) is 24.9. The van der Waals surface area contributed by atoms with Crippen LogP contribution in [-0.4, -0.2) is 57.6 Å². The van der Waals surface area contributed by atoms with Crippen LogP contribution >= 0.6 is 0 Å². The number of likely N-dealkylation sites (tertiary alicyclic amines) is 1. The molecule has 1 aliphatic rings. The summed E-state index contributed by atoms with van der Waals surface area (Å²) in [7, 11) is 4.38. The molecule has 0 amide bonds. The Balaban J connectivity index is 1.67. The molecule has 1 fully saturated rings. The molecule has 1 heterocycles. The highest BCUT2D eigenvalue weighted by molar-refractivity contribution is 5.16. The number of aliphatic hydroxyl groups excluding tert-OH is 1. The zero-order valence-electron chi connectivity index (χ0n) is 13.6. The van der Waals surface area contributed by atoms with Crippen molar-refractivity contribution < 1.29 is 24.0 Å². The number of nitrogens with one attached hydrogen (secondary N) is 2. The largest absolute Gasteiger partial charge is 0.385 e. The molecule has 1 unspecified atom stereocenters. The lowest BCUT2D eigenvalue weighted by molar-refractivity contribution is -0.941. The molecule has 1 saturated heterocycles. The maximum absolute atomic E-state index is 13.5. The maximum atomic E-state index is 13.5. The number of piperidine rings is 1. The Hall–Kier alpha value is -1.01. The van der Waals surface area contributed by atoms with E-state index in [0.29, 0.717) is 18.2 Å². The van der Waals surface area contributed by atoms with Gasteiger partial charge in [0.2, 0.25) is 0 Å². The number of likely N-dealkylation sites (N-methyl/N-ethyl adjacent to an activating group) is 1. The fraction of sp³-hybridized carbons (Fsp3) is 0.647. The lowest BCUT2D eigenvalue weighted by Gasteiger charge is -2.31. The van der Waals surface area contributed by atoms with Gasteiger partial charge in [-0.15, -0.1) is 0 Å². The lowest BCUT2D eigenvalue weighted by atomic mass is 10.0. The molecule has 0 radical (unpaired) electrons. The van der Waals surface area contributed by atoms with Gasteiger partial charge in [0.1, 0.15) is 18.5 Å². The fourth-order valence-corrected chi connectivity index (χ4v) is 3.12. The van der Waals surface area contributed by atoms with E-state index in [-0.39, 0.29) is 19.0 Å². The van der Waals surface area contributed by atoms with Gasteiger partial charge in [-0.05, 0) is 6.07 Å². The zero-order valence-corrected chi connectivity index (χ0v) is 13.6. The Bertz CT molecular complexity index is 450. The first-order valence-corrected chi connectivity index (χ1v) is 8.19. The Morgan fingerprint density at radius 1 is 1.36 bits per heavy atom. The van der Waals surface area contributed by atoms with Crippen molar-refractivity contribution in [2.75, 3.05) is 40.3 Å². The maximum Gasteiger partial charge on any atom is 0.128 e. The molecular formula is C17H29FN2O2+2. The molecular weight excluding hydrogens is 283 g/mol. The summed E-state index contributed by atoms with van der Waals surface area (Å²) in [6, 6.07) is 7.22. The molecule has 3 N–H and O–H groups in total. The van der Waals surface area contributed by atoms with Crippen LogP contribution < -0.4 is 9.80 Å². The Morgan fingerprint density at radius 3 is 2.73 bits per heavy atom. The fourth-order valence-electron chi connectivity index (χ4n) is 3.12. The van der Waals surface area contributed by atoms with E-state index in [1.165, 1.54) is 36.9 Å². The van der Waals surface area contributed by atoms with E-state index in [1.807, 2.05) is 0 Å². The second-order valence-electron chi connectivity index (χ2n) is 6.54. The number of hydrogen-bond donors (Lipinski definition) is 3. The molecule has 22 heavy (non-hydrogen) atoms. The first-order valence-electron chi connectivity index (χ1n) is 8.19. The summed E-state index contributed by atoms with van der Waals surface area (Å²) in [5, 5.41) is 10.1. The minimum absolute atomic E-state index is 0.209. The third-order valence-electron chi connectivity index (χ3n) is 4.62. The average Bonchev–Trinajstić information content (AvgIpc) is 2.50. The highest BCUT2D eigenvalue weighted by atomic mass is 19.1. The minimum Gasteiger partial charge on any atom is -0.385 e. The summed E-state index contributed by atoms with van der Waals surface area (Å²) >= 11 is 0. The highest BCUT2D eigenvalue weighted by Crippen LogP contribution is 2.07. The van der Waals surface area contributed by atoms with Gasteiger partial charge in [0.25, 0.3) is 0 Å². The van der Waals surface area contributed by atoms with Gasteiger partial charge in [0.05, 0.1) is 46.4 Å². The van der Waals surface area contributed by atoms with E-state index >= 15 is 0 Å². The first-order chi connectivity index (χ1) is 10.6. The van der Waals surface area contributed by atoms with Crippen LogP contribution in [0.1, 0.15) is 18.4 Å². The van der Waals surface area contributed by atoms with E-state index in [0.717, 1.165) is 0 Å². The smallest absolute Gasteiger partial charge is 0.128 e. The van der Waals surface area contributed by atoms with Gasteiger partial charge in [-0.25, -0.2) is 4.39 Å². The predicted molar refractivity (Wildman–Crippen MR) is 83.5 cm³/mol. The zero-order chi connectivity index (χ0) is 15.9. The topological polar surface area (TPSA) is 38.3 Å².